The minimum absolute atomic E-state index is 0.0156. The molecule has 0 saturated carbocycles. The molecule has 0 radical (unpaired) electrons. The molecule has 0 aromatic heterocycles. The standard InChI is InChI=1S/C26H33ClN2O2/c1-3-26(4-2)17-23(22-10-5-6-11-24(22)31-26)28-25(30)20-12-14-29(15-13-20)18-19-8-7-9-21(27)16-19/h5-11,16,20,23H,3-4,12-15,17-18H2,1-2H3,(H,28,30). The molecule has 4 nitrogen and oxygen atoms in total. The number of para-hydroxylation sites is 1. The fourth-order valence-electron chi connectivity index (χ4n) is 4.97. The maximum atomic E-state index is 13.2. The summed E-state index contributed by atoms with van der Waals surface area (Å²) in [6, 6.07) is 16.2. The number of hydrogen-bond acceptors (Lipinski definition) is 3. The Morgan fingerprint density at radius 3 is 2.58 bits per heavy atom. The molecule has 4 rings (SSSR count). The third-order valence-corrected chi connectivity index (χ3v) is 7.29. The number of piperidine rings is 1. The van der Waals surface area contributed by atoms with Gasteiger partial charge in [0.1, 0.15) is 11.4 Å². The van der Waals surface area contributed by atoms with Gasteiger partial charge in [0.2, 0.25) is 5.91 Å². The highest BCUT2D eigenvalue weighted by molar-refractivity contribution is 6.30. The Morgan fingerprint density at radius 2 is 1.87 bits per heavy atom. The summed E-state index contributed by atoms with van der Waals surface area (Å²) < 4.78 is 6.39. The van der Waals surface area contributed by atoms with E-state index in [9.17, 15) is 4.79 Å². The Hall–Kier alpha value is -2.04. The first-order chi connectivity index (χ1) is 15.0. The Morgan fingerprint density at radius 1 is 1.13 bits per heavy atom. The molecule has 2 heterocycles. The third-order valence-electron chi connectivity index (χ3n) is 7.06. The molecule has 1 saturated heterocycles. The van der Waals surface area contributed by atoms with Gasteiger partial charge in [-0.1, -0.05) is 55.8 Å². The largest absolute Gasteiger partial charge is 0.487 e. The van der Waals surface area contributed by atoms with E-state index in [1.807, 2.05) is 36.4 Å². The minimum Gasteiger partial charge on any atom is -0.487 e. The van der Waals surface area contributed by atoms with E-state index in [0.717, 1.165) is 68.1 Å². The van der Waals surface area contributed by atoms with Gasteiger partial charge in [0.05, 0.1) is 6.04 Å². The molecule has 5 heteroatoms. The number of rotatable bonds is 6. The van der Waals surface area contributed by atoms with Crippen molar-refractivity contribution in [3.8, 4) is 5.75 Å². The second-order valence-electron chi connectivity index (χ2n) is 8.98. The predicted octanol–water partition coefficient (Wildman–Crippen LogP) is 5.75. The molecule has 166 valence electrons. The fraction of sp³-hybridized carbons (Fsp3) is 0.500. The van der Waals surface area contributed by atoms with Gasteiger partial charge in [-0.25, -0.2) is 0 Å². The number of hydrogen-bond donors (Lipinski definition) is 1. The molecule has 31 heavy (non-hydrogen) atoms. The average Bonchev–Trinajstić information content (AvgIpc) is 2.79. The van der Waals surface area contributed by atoms with Gasteiger partial charge in [-0.05, 0) is 62.5 Å². The molecule has 1 unspecified atom stereocenters. The quantitative estimate of drug-likeness (QED) is 0.621. The van der Waals surface area contributed by atoms with Gasteiger partial charge in [0.15, 0.2) is 0 Å². The number of ether oxygens (including phenoxy) is 1. The van der Waals surface area contributed by atoms with E-state index in [0.29, 0.717) is 0 Å². The number of nitrogens with zero attached hydrogens (tertiary/aromatic N) is 1. The Balaban J connectivity index is 1.37. The summed E-state index contributed by atoms with van der Waals surface area (Å²) in [5, 5.41) is 4.16. The summed E-state index contributed by atoms with van der Waals surface area (Å²) in [5.74, 6) is 1.17. The number of halogens is 1. The van der Waals surface area contributed by atoms with Crippen molar-refractivity contribution in [1.29, 1.82) is 0 Å². The SMILES string of the molecule is CCC1(CC)CC(NC(=O)C2CCN(Cc3cccc(Cl)c3)CC2)c2ccccc2O1. The van der Waals surface area contributed by atoms with Gasteiger partial charge in [0.25, 0.3) is 0 Å². The zero-order valence-corrected chi connectivity index (χ0v) is 19.3. The Bertz CT molecular complexity index is 904. The van der Waals surface area contributed by atoms with E-state index in [1.165, 1.54) is 5.56 Å². The van der Waals surface area contributed by atoms with Gasteiger partial charge in [0, 0.05) is 29.5 Å². The predicted molar refractivity (Wildman–Crippen MR) is 125 cm³/mol. The molecular formula is C26H33ClN2O2. The van der Waals surface area contributed by atoms with E-state index < -0.39 is 0 Å². The van der Waals surface area contributed by atoms with Crippen molar-refractivity contribution < 1.29 is 9.53 Å². The van der Waals surface area contributed by atoms with Crippen LogP contribution in [0.5, 0.6) is 5.75 Å². The smallest absolute Gasteiger partial charge is 0.223 e. The van der Waals surface area contributed by atoms with Crippen molar-refractivity contribution in [3.63, 3.8) is 0 Å². The number of likely N-dealkylation sites (tertiary alicyclic amines) is 1. The Kier molecular flexibility index (Phi) is 6.88. The van der Waals surface area contributed by atoms with Crippen LogP contribution in [0.1, 0.15) is 63.1 Å². The van der Waals surface area contributed by atoms with Gasteiger partial charge < -0.3 is 10.1 Å². The van der Waals surface area contributed by atoms with Gasteiger partial charge in [-0.3, -0.25) is 9.69 Å². The highest BCUT2D eigenvalue weighted by Gasteiger charge is 2.39. The first-order valence-corrected chi connectivity index (χ1v) is 11.9. The first kappa shape index (κ1) is 22.2. The van der Waals surface area contributed by atoms with E-state index in [4.69, 9.17) is 16.3 Å². The maximum Gasteiger partial charge on any atom is 0.223 e. The molecule has 2 aliphatic rings. The van der Waals surface area contributed by atoms with Crippen molar-refractivity contribution in [2.75, 3.05) is 13.1 Å². The number of amides is 1. The van der Waals surface area contributed by atoms with Gasteiger partial charge >= 0.3 is 0 Å². The summed E-state index contributed by atoms with van der Waals surface area (Å²) in [4.78, 5) is 15.6. The molecule has 1 atom stereocenters. The molecule has 1 N–H and O–H groups in total. The lowest BCUT2D eigenvalue weighted by Crippen LogP contribution is -2.47. The second kappa shape index (κ2) is 9.62. The van der Waals surface area contributed by atoms with Crippen LogP contribution in [0.4, 0.5) is 0 Å². The number of nitrogens with one attached hydrogen (secondary N) is 1. The van der Waals surface area contributed by atoms with Crippen LogP contribution in [0.15, 0.2) is 48.5 Å². The lowest BCUT2D eigenvalue weighted by molar-refractivity contribution is -0.128. The number of fused-ring (bicyclic) bond motifs is 1. The second-order valence-corrected chi connectivity index (χ2v) is 9.41. The average molecular weight is 441 g/mol. The molecule has 2 aliphatic heterocycles. The van der Waals surface area contributed by atoms with Gasteiger partial charge in [-0.15, -0.1) is 0 Å². The highest BCUT2D eigenvalue weighted by Crippen LogP contribution is 2.42. The van der Waals surface area contributed by atoms with Crippen LogP contribution in [-0.4, -0.2) is 29.5 Å². The van der Waals surface area contributed by atoms with Crippen LogP contribution < -0.4 is 10.1 Å². The van der Waals surface area contributed by atoms with Crippen molar-refractivity contribution >= 4 is 17.5 Å². The summed E-state index contributed by atoms with van der Waals surface area (Å²) in [7, 11) is 0. The van der Waals surface area contributed by atoms with Crippen molar-refractivity contribution in [2.24, 2.45) is 5.92 Å². The van der Waals surface area contributed by atoms with E-state index >= 15 is 0 Å². The lowest BCUT2D eigenvalue weighted by Gasteiger charge is -2.42. The van der Waals surface area contributed by atoms with Crippen molar-refractivity contribution in [1.82, 2.24) is 10.2 Å². The monoisotopic (exact) mass is 440 g/mol. The number of carbonyl (C=O) groups is 1. The summed E-state index contributed by atoms with van der Waals surface area (Å²) >= 11 is 6.12. The molecule has 1 fully saturated rings. The fourth-order valence-corrected chi connectivity index (χ4v) is 5.18. The summed E-state index contributed by atoms with van der Waals surface area (Å²) in [5.41, 5.74) is 2.13. The molecule has 2 aromatic carbocycles. The van der Waals surface area contributed by atoms with E-state index in [2.05, 4.69) is 36.2 Å². The van der Waals surface area contributed by atoms with Crippen LogP contribution >= 0.6 is 11.6 Å². The van der Waals surface area contributed by atoms with Gasteiger partial charge in [-0.2, -0.15) is 0 Å². The normalized spacial score (nSPS) is 21.2. The molecule has 0 aliphatic carbocycles. The zero-order valence-electron chi connectivity index (χ0n) is 18.6. The minimum atomic E-state index is -0.202. The summed E-state index contributed by atoms with van der Waals surface area (Å²) in [6.45, 7) is 7.10. The third kappa shape index (κ3) is 5.07. The summed E-state index contributed by atoms with van der Waals surface area (Å²) in [6.07, 6.45) is 4.49. The van der Waals surface area contributed by atoms with Crippen LogP contribution in [0.25, 0.3) is 0 Å². The van der Waals surface area contributed by atoms with E-state index in [-0.39, 0.29) is 23.5 Å². The topological polar surface area (TPSA) is 41.6 Å². The van der Waals surface area contributed by atoms with Crippen LogP contribution in [0.2, 0.25) is 5.02 Å². The van der Waals surface area contributed by atoms with E-state index in [1.54, 1.807) is 0 Å². The van der Waals surface area contributed by atoms with Crippen LogP contribution in [0, 0.1) is 5.92 Å². The molecular weight excluding hydrogens is 408 g/mol. The maximum absolute atomic E-state index is 13.2. The highest BCUT2D eigenvalue weighted by atomic mass is 35.5. The zero-order chi connectivity index (χ0) is 21.8. The Labute approximate surface area is 190 Å². The lowest BCUT2D eigenvalue weighted by atomic mass is 9.83. The van der Waals surface area contributed by atoms with Crippen molar-refractivity contribution in [2.45, 2.75) is 64.1 Å². The molecule has 1 amide bonds. The number of benzene rings is 2. The van der Waals surface area contributed by atoms with Crippen molar-refractivity contribution in [3.05, 3.63) is 64.7 Å². The molecule has 0 spiro atoms. The molecule has 2 aromatic rings. The first-order valence-electron chi connectivity index (χ1n) is 11.6. The van der Waals surface area contributed by atoms with Crippen LogP contribution in [-0.2, 0) is 11.3 Å². The molecule has 0 bridgehead atoms. The number of carbonyl (C=O) groups excluding carboxylic acids is 1. The van der Waals surface area contributed by atoms with Crippen LogP contribution in [0.3, 0.4) is 0 Å².